The normalized spacial score (nSPS) is 20.0. The fraction of sp³-hybridized carbons (Fsp3) is 0.630. The Bertz CT molecular complexity index is 1220. The number of hydrogen-bond donors (Lipinski definition) is 1. The van der Waals surface area contributed by atoms with Crippen LogP contribution < -0.4 is 5.56 Å². The van der Waals surface area contributed by atoms with Crippen LogP contribution in [0.1, 0.15) is 87.0 Å². The Balaban J connectivity index is 1.54. The molecule has 2 unspecified atom stereocenters. The third kappa shape index (κ3) is 5.05. The van der Waals surface area contributed by atoms with Gasteiger partial charge in [-0.05, 0) is 79.1 Å². The van der Waals surface area contributed by atoms with Crippen molar-refractivity contribution in [3.63, 3.8) is 0 Å². The molecule has 1 aliphatic heterocycles. The Morgan fingerprint density at radius 1 is 1.14 bits per heavy atom. The largest absolute Gasteiger partial charge is 0.377 e. The highest BCUT2D eigenvalue weighted by Gasteiger charge is 2.34. The van der Waals surface area contributed by atoms with Gasteiger partial charge in [0.15, 0.2) is 5.82 Å². The average Bonchev–Trinajstić information content (AvgIpc) is 3.57. The third-order valence-corrected chi connectivity index (χ3v) is 7.70. The minimum Gasteiger partial charge on any atom is -0.377 e. The van der Waals surface area contributed by atoms with Crippen LogP contribution >= 0.6 is 0 Å². The zero-order valence-corrected chi connectivity index (χ0v) is 21.5. The van der Waals surface area contributed by atoms with E-state index in [2.05, 4.69) is 69.9 Å². The number of aryl methyl sites for hydroxylation is 2. The summed E-state index contributed by atoms with van der Waals surface area (Å²) in [7, 11) is 0. The van der Waals surface area contributed by atoms with Gasteiger partial charge in [-0.25, -0.2) is 4.68 Å². The van der Waals surface area contributed by atoms with Crippen molar-refractivity contribution in [2.45, 2.75) is 91.0 Å². The lowest BCUT2D eigenvalue weighted by Gasteiger charge is -2.35. The highest BCUT2D eigenvalue weighted by Crippen LogP contribution is 2.35. The molecule has 1 N–H and O–H groups in total. The standard InChI is InChI=1S/C27H38N6O2/c1-17(2)25(26-29-30-31-33(26)21-8-5-6-9-21)32(16-22-10-7-11-35-22)15-20-14-23-19(4)12-18(3)13-24(23)28-27(20)34/h12-14,17,21-22,25H,5-11,15-16H2,1-4H3,(H,28,34). The van der Waals surface area contributed by atoms with E-state index in [1.807, 2.05) is 6.07 Å². The number of rotatable bonds is 8. The lowest BCUT2D eigenvalue weighted by Crippen LogP contribution is -2.40. The van der Waals surface area contributed by atoms with Crippen molar-refractivity contribution in [1.29, 1.82) is 0 Å². The topological polar surface area (TPSA) is 88.9 Å². The molecule has 1 saturated heterocycles. The number of ether oxygens (including phenoxy) is 1. The predicted molar refractivity (Wildman–Crippen MR) is 136 cm³/mol. The summed E-state index contributed by atoms with van der Waals surface area (Å²) in [5, 5.41) is 14.2. The van der Waals surface area contributed by atoms with Crippen LogP contribution in [0.4, 0.5) is 0 Å². The van der Waals surface area contributed by atoms with Crippen molar-refractivity contribution >= 4 is 10.9 Å². The van der Waals surface area contributed by atoms with E-state index < -0.39 is 0 Å². The summed E-state index contributed by atoms with van der Waals surface area (Å²) in [6, 6.07) is 6.64. The van der Waals surface area contributed by atoms with Crippen molar-refractivity contribution in [3.05, 3.63) is 51.1 Å². The number of H-pyrrole nitrogens is 1. The lowest BCUT2D eigenvalue weighted by atomic mass is 9.98. The molecule has 1 aliphatic carbocycles. The number of hydrogen-bond acceptors (Lipinski definition) is 6. The fourth-order valence-corrected chi connectivity index (χ4v) is 6.07. The van der Waals surface area contributed by atoms with Crippen LogP contribution in [0.2, 0.25) is 0 Å². The maximum atomic E-state index is 13.2. The van der Waals surface area contributed by atoms with Gasteiger partial charge in [-0.2, -0.15) is 0 Å². The van der Waals surface area contributed by atoms with Crippen molar-refractivity contribution in [2.24, 2.45) is 5.92 Å². The first-order valence-electron chi connectivity index (χ1n) is 13.2. The van der Waals surface area contributed by atoms with Crippen LogP contribution in [0.3, 0.4) is 0 Å². The molecule has 35 heavy (non-hydrogen) atoms. The first-order chi connectivity index (χ1) is 16.9. The minimum absolute atomic E-state index is 0.0102. The summed E-state index contributed by atoms with van der Waals surface area (Å²) in [5.74, 6) is 1.18. The van der Waals surface area contributed by atoms with Gasteiger partial charge in [0.25, 0.3) is 5.56 Å². The van der Waals surface area contributed by atoms with Crippen molar-refractivity contribution in [2.75, 3.05) is 13.2 Å². The average molecular weight is 479 g/mol. The van der Waals surface area contributed by atoms with Gasteiger partial charge in [0, 0.05) is 36.2 Å². The molecule has 8 nitrogen and oxygen atoms in total. The van der Waals surface area contributed by atoms with E-state index in [4.69, 9.17) is 4.74 Å². The van der Waals surface area contributed by atoms with E-state index in [-0.39, 0.29) is 23.6 Å². The zero-order chi connectivity index (χ0) is 24.5. The van der Waals surface area contributed by atoms with Crippen LogP contribution in [-0.2, 0) is 11.3 Å². The Morgan fingerprint density at radius 2 is 1.94 bits per heavy atom. The Labute approximate surface area is 207 Å². The molecule has 5 rings (SSSR count). The fourth-order valence-electron chi connectivity index (χ4n) is 6.07. The van der Waals surface area contributed by atoms with Gasteiger partial charge in [-0.3, -0.25) is 9.69 Å². The molecule has 3 aromatic rings. The monoisotopic (exact) mass is 478 g/mol. The third-order valence-electron chi connectivity index (χ3n) is 7.70. The molecule has 8 heteroatoms. The van der Waals surface area contributed by atoms with E-state index in [0.717, 1.165) is 66.7 Å². The second kappa shape index (κ2) is 10.2. The molecule has 0 bridgehead atoms. The second-order valence-corrected chi connectivity index (χ2v) is 10.8. The van der Waals surface area contributed by atoms with Crippen LogP contribution in [0.15, 0.2) is 23.0 Å². The van der Waals surface area contributed by atoms with E-state index in [1.54, 1.807) is 0 Å². The smallest absolute Gasteiger partial charge is 0.252 e. The minimum atomic E-state index is -0.0299. The van der Waals surface area contributed by atoms with Crippen LogP contribution in [-0.4, -0.2) is 49.3 Å². The predicted octanol–water partition coefficient (Wildman–Crippen LogP) is 4.62. The molecule has 2 aromatic heterocycles. The van der Waals surface area contributed by atoms with Crippen molar-refractivity contribution in [1.82, 2.24) is 30.1 Å². The number of aromatic amines is 1. The molecule has 1 aromatic carbocycles. The first kappa shape index (κ1) is 24.1. The van der Waals surface area contributed by atoms with E-state index in [0.29, 0.717) is 12.6 Å². The number of tetrazole rings is 1. The summed E-state index contributed by atoms with van der Waals surface area (Å²) in [6.07, 6.45) is 6.98. The van der Waals surface area contributed by atoms with Crippen molar-refractivity contribution in [3.8, 4) is 0 Å². The first-order valence-corrected chi connectivity index (χ1v) is 13.2. The SMILES string of the molecule is Cc1cc(C)c2cc(CN(CC3CCCO3)C(c3nnnn3C3CCCC3)C(C)C)c(=O)[nH]c2c1. The molecule has 0 spiro atoms. The maximum Gasteiger partial charge on any atom is 0.252 e. The molecule has 3 heterocycles. The van der Waals surface area contributed by atoms with E-state index in [9.17, 15) is 4.79 Å². The molecule has 1 saturated carbocycles. The highest BCUT2D eigenvalue weighted by atomic mass is 16.5. The van der Waals surface area contributed by atoms with Gasteiger partial charge in [-0.15, -0.1) is 5.10 Å². The number of pyridine rings is 1. The van der Waals surface area contributed by atoms with Gasteiger partial charge < -0.3 is 9.72 Å². The summed E-state index contributed by atoms with van der Waals surface area (Å²) in [4.78, 5) is 18.8. The lowest BCUT2D eigenvalue weighted by molar-refractivity contribution is 0.0379. The Morgan fingerprint density at radius 3 is 2.66 bits per heavy atom. The Kier molecular flexibility index (Phi) is 7.02. The van der Waals surface area contributed by atoms with Crippen molar-refractivity contribution < 1.29 is 4.74 Å². The van der Waals surface area contributed by atoms with E-state index >= 15 is 0 Å². The number of nitrogens with one attached hydrogen (secondary N) is 1. The van der Waals surface area contributed by atoms with Crippen LogP contribution in [0.5, 0.6) is 0 Å². The summed E-state index contributed by atoms with van der Waals surface area (Å²) >= 11 is 0. The highest BCUT2D eigenvalue weighted by molar-refractivity contribution is 5.83. The number of fused-ring (bicyclic) bond motifs is 1. The molecular formula is C27H38N6O2. The number of aromatic nitrogens is 5. The zero-order valence-electron chi connectivity index (χ0n) is 21.5. The Hall–Kier alpha value is -2.58. The van der Waals surface area contributed by atoms with Gasteiger partial charge in [0.05, 0.1) is 18.2 Å². The molecule has 0 radical (unpaired) electrons. The quantitative estimate of drug-likeness (QED) is 0.508. The van der Waals surface area contributed by atoms with Gasteiger partial charge in [0.2, 0.25) is 0 Å². The molecule has 188 valence electrons. The summed E-state index contributed by atoms with van der Waals surface area (Å²) < 4.78 is 8.11. The number of benzene rings is 1. The maximum absolute atomic E-state index is 13.2. The molecule has 2 atom stereocenters. The molecule has 2 fully saturated rings. The summed E-state index contributed by atoms with van der Waals surface area (Å²) in [6.45, 7) is 10.7. The van der Waals surface area contributed by atoms with Gasteiger partial charge >= 0.3 is 0 Å². The van der Waals surface area contributed by atoms with Gasteiger partial charge in [-0.1, -0.05) is 32.8 Å². The molecule has 0 amide bonds. The number of nitrogens with zero attached hydrogens (tertiary/aromatic N) is 5. The molecule has 2 aliphatic rings. The molecular weight excluding hydrogens is 440 g/mol. The summed E-state index contributed by atoms with van der Waals surface area (Å²) in [5.41, 5.74) is 3.96. The van der Waals surface area contributed by atoms with E-state index in [1.165, 1.54) is 18.4 Å². The van der Waals surface area contributed by atoms with Crippen LogP contribution in [0.25, 0.3) is 10.9 Å². The van der Waals surface area contributed by atoms with Crippen LogP contribution in [0, 0.1) is 19.8 Å². The van der Waals surface area contributed by atoms with Gasteiger partial charge in [0.1, 0.15) is 0 Å². The second-order valence-electron chi connectivity index (χ2n) is 10.8.